The quantitative estimate of drug-likeness (QED) is 0.664. The number of sulfone groups is 1. The van der Waals surface area contributed by atoms with E-state index in [0.717, 1.165) is 17.3 Å². The number of hydrogen-bond donors (Lipinski definition) is 2. The third-order valence-electron chi connectivity index (χ3n) is 3.54. The molecule has 0 aliphatic carbocycles. The van der Waals surface area contributed by atoms with E-state index in [2.05, 4.69) is 4.98 Å². The normalized spacial score (nSPS) is 11.6. The van der Waals surface area contributed by atoms with Gasteiger partial charge in [-0.25, -0.2) is 13.4 Å². The molecule has 2 N–H and O–H groups in total. The van der Waals surface area contributed by atoms with Crippen molar-refractivity contribution in [3.63, 3.8) is 0 Å². The topological polar surface area (TPSA) is 102 Å². The maximum atomic E-state index is 11.6. The lowest BCUT2D eigenvalue weighted by atomic mass is 10.2. The van der Waals surface area contributed by atoms with Gasteiger partial charge >= 0.3 is 7.32 Å². The molecule has 0 saturated heterocycles. The first kappa shape index (κ1) is 16.5. The first-order valence-electron chi connectivity index (χ1n) is 7.09. The Labute approximate surface area is 139 Å². The molecule has 2 aromatic carbocycles. The van der Waals surface area contributed by atoms with Crippen molar-refractivity contribution in [2.24, 2.45) is 0 Å². The van der Waals surface area contributed by atoms with E-state index in [1.165, 1.54) is 0 Å². The molecule has 124 valence electrons. The van der Waals surface area contributed by atoms with Gasteiger partial charge in [0.2, 0.25) is 0 Å². The first-order chi connectivity index (χ1) is 11.3. The molecule has 0 fully saturated rings. The van der Waals surface area contributed by atoms with Crippen LogP contribution in [-0.4, -0.2) is 41.6 Å². The molecule has 7 nitrogen and oxygen atoms in total. The monoisotopic (exact) mass is 346 g/mol. The summed E-state index contributed by atoms with van der Waals surface area (Å²) in [5, 5.41) is 17.5. The summed E-state index contributed by atoms with van der Waals surface area (Å²) >= 11 is 0. The van der Waals surface area contributed by atoms with Gasteiger partial charge < -0.3 is 19.3 Å². The van der Waals surface area contributed by atoms with Crippen molar-refractivity contribution in [3.05, 3.63) is 54.4 Å². The Morgan fingerprint density at radius 2 is 1.88 bits per heavy atom. The molecule has 3 rings (SSSR count). The molecular formula is C15H15BN2O5S. The number of fused-ring (bicyclic) bond motifs is 1. The lowest BCUT2D eigenvalue weighted by molar-refractivity contribution is 0.288. The van der Waals surface area contributed by atoms with Crippen LogP contribution in [0.1, 0.15) is 5.56 Å². The summed E-state index contributed by atoms with van der Waals surface area (Å²) in [5.74, 6) is 0.349. The molecule has 24 heavy (non-hydrogen) atoms. The maximum absolute atomic E-state index is 11.6. The van der Waals surface area contributed by atoms with Gasteiger partial charge in [0.1, 0.15) is 5.75 Å². The second-order valence-corrected chi connectivity index (χ2v) is 7.40. The minimum atomic E-state index is -3.26. The molecule has 1 aromatic heterocycles. The number of benzene rings is 2. The van der Waals surface area contributed by atoms with Crippen LogP contribution in [0.25, 0.3) is 11.0 Å². The van der Waals surface area contributed by atoms with Gasteiger partial charge in [-0.1, -0.05) is 12.1 Å². The summed E-state index contributed by atoms with van der Waals surface area (Å²) < 4.78 is 29.9. The fraction of sp³-hybridized carbons (Fsp3) is 0.133. The van der Waals surface area contributed by atoms with Gasteiger partial charge in [0, 0.05) is 12.8 Å². The second kappa shape index (κ2) is 6.27. The number of imidazole rings is 1. The number of hydrogen-bond acceptors (Lipinski definition) is 6. The van der Waals surface area contributed by atoms with E-state index < -0.39 is 17.2 Å². The van der Waals surface area contributed by atoms with Gasteiger partial charge in [-0.2, -0.15) is 0 Å². The van der Waals surface area contributed by atoms with Crippen LogP contribution in [0.5, 0.6) is 5.75 Å². The fourth-order valence-corrected chi connectivity index (χ4v) is 3.03. The fourth-order valence-electron chi connectivity index (χ4n) is 2.39. The first-order valence-corrected chi connectivity index (χ1v) is 8.99. The highest BCUT2D eigenvalue weighted by Gasteiger charge is 2.12. The van der Waals surface area contributed by atoms with Crippen molar-refractivity contribution < 1.29 is 23.1 Å². The molecule has 0 unspecified atom stereocenters. The highest BCUT2D eigenvalue weighted by Crippen LogP contribution is 2.20. The van der Waals surface area contributed by atoms with Gasteiger partial charge in [-0.15, -0.1) is 0 Å². The minimum absolute atomic E-state index is 0.240. The molecular weight excluding hydrogens is 331 g/mol. The van der Waals surface area contributed by atoms with E-state index in [1.54, 1.807) is 48.8 Å². The second-order valence-electron chi connectivity index (χ2n) is 5.38. The molecule has 0 radical (unpaired) electrons. The van der Waals surface area contributed by atoms with Crippen LogP contribution < -0.4 is 4.65 Å². The van der Waals surface area contributed by atoms with Crippen LogP contribution in [-0.2, 0) is 16.4 Å². The molecule has 1 heterocycles. The summed E-state index contributed by atoms with van der Waals surface area (Å²) in [5.41, 5.74) is 2.40. The Balaban J connectivity index is 1.85. The lowest BCUT2D eigenvalue weighted by Crippen LogP contribution is -2.20. The van der Waals surface area contributed by atoms with Gasteiger partial charge in [0.05, 0.1) is 22.3 Å². The Kier molecular flexibility index (Phi) is 4.31. The van der Waals surface area contributed by atoms with Crippen LogP contribution in [0.4, 0.5) is 0 Å². The van der Waals surface area contributed by atoms with Crippen LogP contribution >= 0.6 is 0 Å². The highest BCUT2D eigenvalue weighted by molar-refractivity contribution is 7.90. The van der Waals surface area contributed by atoms with E-state index in [1.807, 2.05) is 4.57 Å². The van der Waals surface area contributed by atoms with Crippen molar-refractivity contribution in [2.45, 2.75) is 11.4 Å². The highest BCUT2D eigenvalue weighted by atomic mass is 32.2. The Morgan fingerprint density at radius 3 is 2.50 bits per heavy atom. The van der Waals surface area contributed by atoms with Crippen molar-refractivity contribution in [1.29, 1.82) is 0 Å². The summed E-state index contributed by atoms with van der Waals surface area (Å²) in [6, 6.07) is 11.7. The Hall–Kier alpha value is -2.36. The predicted octanol–water partition coefficient (Wildman–Crippen LogP) is 0.836. The third-order valence-corrected chi connectivity index (χ3v) is 4.65. The van der Waals surface area contributed by atoms with Crippen LogP contribution in [0.15, 0.2) is 53.7 Å². The summed E-state index contributed by atoms with van der Waals surface area (Å²) in [7, 11) is -5.11. The van der Waals surface area contributed by atoms with E-state index in [9.17, 15) is 8.42 Å². The summed E-state index contributed by atoms with van der Waals surface area (Å²) in [6.45, 7) is 0.538. The molecule has 0 amide bonds. The molecule has 0 spiro atoms. The van der Waals surface area contributed by atoms with Crippen LogP contribution in [0, 0.1) is 0 Å². The molecule has 0 bridgehead atoms. The average molecular weight is 346 g/mol. The molecule has 0 aliphatic rings. The molecule has 0 atom stereocenters. The summed E-state index contributed by atoms with van der Waals surface area (Å²) in [4.78, 5) is 4.49. The van der Waals surface area contributed by atoms with Crippen molar-refractivity contribution in [3.8, 4) is 5.75 Å². The van der Waals surface area contributed by atoms with Gasteiger partial charge in [0.15, 0.2) is 9.84 Å². The zero-order valence-electron chi connectivity index (χ0n) is 12.8. The standard InChI is InChI=1S/C15H15BN2O5S/c1-24(21,22)13-6-7-15-14(8-13)17-10-18(15)9-11-2-4-12(5-3-11)23-16(19)20/h2-8,10,19-20H,9H2,1H3. The largest absolute Gasteiger partial charge is 0.707 e. The summed E-state index contributed by atoms with van der Waals surface area (Å²) in [6.07, 6.45) is 2.82. The van der Waals surface area contributed by atoms with E-state index >= 15 is 0 Å². The van der Waals surface area contributed by atoms with Gasteiger partial charge in [-0.3, -0.25) is 0 Å². The number of aromatic nitrogens is 2. The molecule has 3 aromatic rings. The Bertz CT molecular complexity index is 967. The van der Waals surface area contributed by atoms with E-state index in [0.29, 0.717) is 17.8 Å². The number of rotatable bonds is 5. The van der Waals surface area contributed by atoms with Gasteiger partial charge in [0.25, 0.3) is 0 Å². The molecule has 0 saturated carbocycles. The van der Waals surface area contributed by atoms with Gasteiger partial charge in [-0.05, 0) is 35.9 Å². The zero-order chi connectivity index (χ0) is 17.3. The smallest absolute Gasteiger partial charge is 0.512 e. The minimum Gasteiger partial charge on any atom is -0.512 e. The van der Waals surface area contributed by atoms with E-state index in [-0.39, 0.29) is 4.90 Å². The molecule has 9 heteroatoms. The Morgan fingerprint density at radius 1 is 1.17 bits per heavy atom. The average Bonchev–Trinajstić information content (AvgIpc) is 2.90. The van der Waals surface area contributed by atoms with Crippen molar-refractivity contribution in [2.75, 3.05) is 6.26 Å². The van der Waals surface area contributed by atoms with Crippen LogP contribution in [0.2, 0.25) is 0 Å². The number of nitrogens with zero attached hydrogens (tertiary/aromatic N) is 2. The van der Waals surface area contributed by atoms with Crippen molar-refractivity contribution in [1.82, 2.24) is 9.55 Å². The van der Waals surface area contributed by atoms with Crippen molar-refractivity contribution >= 4 is 28.2 Å². The third kappa shape index (κ3) is 3.59. The van der Waals surface area contributed by atoms with Crippen LogP contribution in [0.3, 0.4) is 0 Å². The SMILES string of the molecule is CS(=O)(=O)c1ccc2c(c1)ncn2Cc1ccc(OB(O)O)cc1. The molecule has 0 aliphatic heterocycles. The zero-order valence-corrected chi connectivity index (χ0v) is 13.6. The lowest BCUT2D eigenvalue weighted by Gasteiger charge is -2.08. The van der Waals surface area contributed by atoms with E-state index in [4.69, 9.17) is 14.7 Å². The predicted molar refractivity (Wildman–Crippen MR) is 89.2 cm³/mol. The maximum Gasteiger partial charge on any atom is 0.707 e.